The molecule has 1 aromatic carbocycles. The molecule has 1 fully saturated rings. The number of phenolic OH excluding ortho intramolecular Hbond substituents is 1. The molecule has 1 aromatic heterocycles. The first-order chi connectivity index (χ1) is 11.5. The summed E-state index contributed by atoms with van der Waals surface area (Å²) in [4.78, 5) is 12.1. The second-order valence-electron chi connectivity index (χ2n) is 5.81. The number of carbonyl (C=O) groups is 1. The van der Waals surface area contributed by atoms with Gasteiger partial charge in [-0.15, -0.1) is 0 Å². The van der Waals surface area contributed by atoms with Crippen LogP contribution in [-0.2, 0) is 0 Å². The lowest BCUT2D eigenvalue weighted by Gasteiger charge is -2.10. The molecule has 24 heavy (non-hydrogen) atoms. The summed E-state index contributed by atoms with van der Waals surface area (Å²) < 4.78 is 3.35. The summed E-state index contributed by atoms with van der Waals surface area (Å²) in [6.07, 6.45) is 10.7. The first kappa shape index (κ1) is 17.2. The fourth-order valence-corrected chi connectivity index (χ4v) is 4.13. The van der Waals surface area contributed by atoms with E-state index >= 15 is 0 Å². The van der Waals surface area contributed by atoms with Gasteiger partial charge >= 0.3 is 0 Å². The number of aromatic nitrogens is 1. The van der Waals surface area contributed by atoms with Gasteiger partial charge in [0.2, 0.25) is 0 Å². The van der Waals surface area contributed by atoms with E-state index in [1.54, 1.807) is 18.3 Å². The van der Waals surface area contributed by atoms with E-state index in [0.717, 1.165) is 5.56 Å². The smallest absolute Gasteiger partial charge is 0.275 e. The molecule has 1 aliphatic rings. The predicted octanol–water partition coefficient (Wildman–Crippen LogP) is 4.60. The second-order valence-corrected chi connectivity index (χ2v) is 7.58. The molecule has 7 heteroatoms. The molecule has 1 amide bonds. The average molecular weight is 455 g/mol. The Morgan fingerprint density at radius 2 is 2.08 bits per heavy atom. The van der Waals surface area contributed by atoms with Gasteiger partial charge in [0.25, 0.3) is 5.91 Å². The van der Waals surface area contributed by atoms with Crippen molar-refractivity contribution in [3.8, 4) is 5.75 Å². The number of halogens is 2. The van der Waals surface area contributed by atoms with E-state index in [9.17, 15) is 9.90 Å². The first-order valence-electron chi connectivity index (χ1n) is 7.73. The molecule has 0 aliphatic heterocycles. The molecule has 2 N–H and O–H groups in total. The number of amides is 1. The van der Waals surface area contributed by atoms with Crippen molar-refractivity contribution < 1.29 is 9.90 Å². The quantitative estimate of drug-likeness (QED) is 0.523. The van der Waals surface area contributed by atoms with E-state index in [1.165, 1.54) is 25.7 Å². The molecule has 1 aliphatic carbocycles. The number of nitrogens with one attached hydrogen (secondary N) is 1. The Bertz CT molecular complexity index is 780. The molecule has 3 rings (SSSR count). The van der Waals surface area contributed by atoms with Crippen LogP contribution in [-0.4, -0.2) is 21.8 Å². The van der Waals surface area contributed by atoms with Crippen LogP contribution in [0.25, 0.3) is 0 Å². The van der Waals surface area contributed by atoms with Crippen LogP contribution in [0.15, 0.2) is 44.6 Å². The lowest BCUT2D eigenvalue weighted by molar-refractivity contribution is 0.0952. The maximum absolute atomic E-state index is 12.1. The van der Waals surface area contributed by atoms with Crippen LogP contribution in [0, 0.1) is 0 Å². The van der Waals surface area contributed by atoms with Crippen LogP contribution in [0.5, 0.6) is 5.75 Å². The largest absolute Gasteiger partial charge is 0.506 e. The predicted molar refractivity (Wildman–Crippen MR) is 101 cm³/mol. The number of nitrogens with zero attached hydrogens (tertiary/aromatic N) is 2. The minimum atomic E-state index is -0.471. The van der Waals surface area contributed by atoms with Crippen molar-refractivity contribution in [1.82, 2.24) is 9.99 Å². The molecule has 126 valence electrons. The van der Waals surface area contributed by atoms with Crippen molar-refractivity contribution in [1.29, 1.82) is 0 Å². The number of aromatic hydroxyl groups is 1. The molecular formula is C17H17Br2N3O2. The van der Waals surface area contributed by atoms with Crippen molar-refractivity contribution in [3.63, 3.8) is 0 Å². The molecule has 0 saturated heterocycles. The third kappa shape index (κ3) is 3.89. The summed E-state index contributed by atoms with van der Waals surface area (Å²) in [6, 6.07) is 5.77. The Morgan fingerprint density at radius 3 is 2.83 bits per heavy atom. The SMILES string of the molecule is O=C(N/N=C\c1ccn(C2CCCC2)c1)c1cc(Br)cc(Br)c1O. The van der Waals surface area contributed by atoms with Crippen LogP contribution in [0.1, 0.15) is 47.6 Å². The topological polar surface area (TPSA) is 66.6 Å². The third-order valence-electron chi connectivity index (χ3n) is 4.14. The highest BCUT2D eigenvalue weighted by atomic mass is 79.9. The van der Waals surface area contributed by atoms with Gasteiger partial charge in [-0.25, -0.2) is 5.43 Å². The highest BCUT2D eigenvalue weighted by Crippen LogP contribution is 2.31. The minimum absolute atomic E-state index is 0.113. The summed E-state index contributed by atoms with van der Waals surface area (Å²) in [7, 11) is 0. The van der Waals surface area contributed by atoms with Gasteiger partial charge in [0.15, 0.2) is 0 Å². The van der Waals surface area contributed by atoms with Crippen LogP contribution in [0.3, 0.4) is 0 Å². The van der Waals surface area contributed by atoms with Gasteiger partial charge in [-0.05, 0) is 47.0 Å². The standard InChI is InChI=1S/C17H17Br2N3O2/c18-12-7-14(16(23)15(19)8-12)17(24)21-20-9-11-5-6-22(10-11)13-3-1-2-4-13/h5-10,13,23H,1-4H2,(H,21,24)/b20-9-. The number of hydrazone groups is 1. The average Bonchev–Trinajstić information content (AvgIpc) is 3.21. The maximum atomic E-state index is 12.1. The molecule has 0 spiro atoms. The van der Waals surface area contributed by atoms with Gasteiger partial charge in [0.05, 0.1) is 16.3 Å². The fraction of sp³-hybridized carbons (Fsp3) is 0.294. The highest BCUT2D eigenvalue weighted by Gasteiger charge is 2.16. The van der Waals surface area contributed by atoms with E-state index in [4.69, 9.17) is 0 Å². The zero-order chi connectivity index (χ0) is 17.1. The number of phenols is 1. The number of benzene rings is 1. The van der Waals surface area contributed by atoms with Gasteiger partial charge in [-0.2, -0.15) is 5.10 Å². The molecule has 1 heterocycles. The molecule has 0 unspecified atom stereocenters. The Kier molecular flexibility index (Phi) is 5.40. The summed E-state index contributed by atoms with van der Waals surface area (Å²) in [5.41, 5.74) is 3.52. The van der Waals surface area contributed by atoms with Crippen LogP contribution >= 0.6 is 31.9 Å². The minimum Gasteiger partial charge on any atom is -0.506 e. The molecule has 0 atom stereocenters. The zero-order valence-electron chi connectivity index (χ0n) is 12.9. The van der Waals surface area contributed by atoms with E-state index < -0.39 is 5.91 Å². The second kappa shape index (κ2) is 7.53. The summed E-state index contributed by atoms with van der Waals surface area (Å²) in [5.74, 6) is -0.584. The Balaban J connectivity index is 1.65. The van der Waals surface area contributed by atoms with Crippen molar-refractivity contribution in [2.24, 2.45) is 5.10 Å². The van der Waals surface area contributed by atoms with Crippen molar-refractivity contribution >= 4 is 44.0 Å². The van der Waals surface area contributed by atoms with Crippen molar-refractivity contribution in [3.05, 3.63) is 50.7 Å². The Morgan fingerprint density at radius 1 is 1.33 bits per heavy atom. The molecule has 2 aromatic rings. The molecule has 0 radical (unpaired) electrons. The molecular weight excluding hydrogens is 438 g/mol. The first-order valence-corrected chi connectivity index (χ1v) is 9.32. The summed E-state index contributed by atoms with van der Waals surface area (Å²) >= 11 is 6.50. The third-order valence-corrected chi connectivity index (χ3v) is 5.20. The zero-order valence-corrected chi connectivity index (χ0v) is 16.0. The lowest BCUT2D eigenvalue weighted by atomic mass is 10.2. The highest BCUT2D eigenvalue weighted by molar-refractivity contribution is 9.11. The van der Waals surface area contributed by atoms with E-state index in [0.29, 0.717) is 15.0 Å². The van der Waals surface area contributed by atoms with E-state index in [2.05, 4.69) is 53.2 Å². The summed E-state index contributed by atoms with van der Waals surface area (Å²) in [5, 5.41) is 13.9. The monoisotopic (exact) mass is 453 g/mol. The van der Waals surface area contributed by atoms with Gasteiger partial charge < -0.3 is 9.67 Å². The molecule has 5 nitrogen and oxygen atoms in total. The number of hydrogen-bond acceptors (Lipinski definition) is 3. The van der Waals surface area contributed by atoms with Crippen molar-refractivity contribution in [2.45, 2.75) is 31.7 Å². The summed E-state index contributed by atoms with van der Waals surface area (Å²) in [6.45, 7) is 0. The van der Waals surface area contributed by atoms with Gasteiger partial charge in [-0.3, -0.25) is 4.79 Å². The molecule has 0 bridgehead atoms. The number of hydrogen-bond donors (Lipinski definition) is 2. The van der Waals surface area contributed by atoms with Crippen LogP contribution < -0.4 is 5.43 Å². The number of carbonyl (C=O) groups excluding carboxylic acids is 1. The number of rotatable bonds is 4. The maximum Gasteiger partial charge on any atom is 0.275 e. The molecule has 1 saturated carbocycles. The Labute approximate surface area is 157 Å². The van der Waals surface area contributed by atoms with Gasteiger partial charge in [0.1, 0.15) is 5.75 Å². The lowest BCUT2D eigenvalue weighted by Crippen LogP contribution is -2.17. The van der Waals surface area contributed by atoms with E-state index in [-0.39, 0.29) is 11.3 Å². The van der Waals surface area contributed by atoms with Crippen molar-refractivity contribution in [2.75, 3.05) is 0 Å². The van der Waals surface area contributed by atoms with Gasteiger partial charge in [0, 0.05) is 28.5 Å². The van der Waals surface area contributed by atoms with Crippen LogP contribution in [0.4, 0.5) is 0 Å². The fourth-order valence-electron chi connectivity index (χ4n) is 2.90. The van der Waals surface area contributed by atoms with Crippen LogP contribution in [0.2, 0.25) is 0 Å². The van der Waals surface area contributed by atoms with Gasteiger partial charge in [-0.1, -0.05) is 28.8 Å². The normalized spacial score (nSPS) is 15.2. The Hall–Kier alpha value is -1.60. The van der Waals surface area contributed by atoms with E-state index in [1.807, 2.05) is 12.3 Å².